The molecule has 0 saturated carbocycles. The molecule has 17 heavy (non-hydrogen) atoms. The monoisotopic (exact) mass is 228 g/mol. The second kappa shape index (κ2) is 4.26. The van der Waals surface area contributed by atoms with E-state index in [0.717, 1.165) is 18.5 Å². The lowest BCUT2D eigenvalue weighted by Crippen LogP contribution is -2.32. The standard InChI is InChI=1S/C14H16N2O/c15-9-14(12-6-8-17-10-12)16-7-5-11-3-1-2-4-13(11)16/h1-4,6,8,10,14H,5,7,9,15H2. The number of hydrogen-bond donors (Lipinski definition) is 1. The summed E-state index contributed by atoms with van der Waals surface area (Å²) in [5.74, 6) is 0. The fourth-order valence-corrected chi connectivity index (χ4v) is 2.60. The summed E-state index contributed by atoms with van der Waals surface area (Å²) >= 11 is 0. The average molecular weight is 228 g/mol. The van der Waals surface area contributed by atoms with Crippen LogP contribution in [0.25, 0.3) is 0 Å². The van der Waals surface area contributed by atoms with E-state index in [4.69, 9.17) is 10.2 Å². The Hall–Kier alpha value is -1.74. The predicted molar refractivity (Wildman–Crippen MR) is 68.0 cm³/mol. The number of fused-ring (bicyclic) bond motifs is 1. The van der Waals surface area contributed by atoms with Crippen molar-refractivity contribution < 1.29 is 4.42 Å². The van der Waals surface area contributed by atoms with Gasteiger partial charge in [0.1, 0.15) is 0 Å². The summed E-state index contributed by atoms with van der Waals surface area (Å²) in [5.41, 5.74) is 9.80. The van der Waals surface area contributed by atoms with Crippen molar-refractivity contribution in [1.29, 1.82) is 0 Å². The molecule has 3 nitrogen and oxygen atoms in total. The van der Waals surface area contributed by atoms with Crippen LogP contribution in [0.15, 0.2) is 47.3 Å². The van der Waals surface area contributed by atoms with E-state index in [9.17, 15) is 0 Å². The third-order valence-electron chi connectivity index (χ3n) is 3.45. The number of para-hydroxylation sites is 1. The van der Waals surface area contributed by atoms with Gasteiger partial charge < -0.3 is 15.1 Å². The molecule has 2 N–H and O–H groups in total. The van der Waals surface area contributed by atoms with E-state index in [1.54, 1.807) is 12.5 Å². The minimum absolute atomic E-state index is 0.220. The van der Waals surface area contributed by atoms with Gasteiger partial charge in [-0.05, 0) is 24.1 Å². The van der Waals surface area contributed by atoms with Crippen molar-refractivity contribution in [1.82, 2.24) is 0 Å². The van der Waals surface area contributed by atoms with Gasteiger partial charge in [0.2, 0.25) is 0 Å². The van der Waals surface area contributed by atoms with E-state index < -0.39 is 0 Å². The van der Waals surface area contributed by atoms with Gasteiger partial charge >= 0.3 is 0 Å². The van der Waals surface area contributed by atoms with E-state index >= 15 is 0 Å². The van der Waals surface area contributed by atoms with Crippen molar-refractivity contribution in [3.63, 3.8) is 0 Å². The topological polar surface area (TPSA) is 42.4 Å². The SMILES string of the molecule is NCC(c1ccoc1)N1CCc2ccccc21. The normalized spacial score (nSPS) is 15.9. The molecule has 1 aliphatic rings. The van der Waals surface area contributed by atoms with Gasteiger partial charge in [-0.3, -0.25) is 0 Å². The highest BCUT2D eigenvalue weighted by molar-refractivity contribution is 5.59. The van der Waals surface area contributed by atoms with Gasteiger partial charge in [-0.25, -0.2) is 0 Å². The molecule has 0 bridgehead atoms. The Morgan fingerprint density at radius 1 is 1.29 bits per heavy atom. The molecule has 1 atom stereocenters. The zero-order valence-corrected chi connectivity index (χ0v) is 9.67. The van der Waals surface area contributed by atoms with E-state index in [2.05, 4.69) is 29.2 Å². The van der Waals surface area contributed by atoms with Crippen molar-refractivity contribution in [2.75, 3.05) is 18.0 Å². The molecule has 3 heteroatoms. The molecular formula is C14H16N2O. The van der Waals surface area contributed by atoms with E-state index in [0.29, 0.717) is 6.54 Å². The number of anilines is 1. The number of hydrogen-bond acceptors (Lipinski definition) is 3. The van der Waals surface area contributed by atoms with Crippen LogP contribution in [0.3, 0.4) is 0 Å². The summed E-state index contributed by atoms with van der Waals surface area (Å²) in [6.07, 6.45) is 4.60. The quantitative estimate of drug-likeness (QED) is 0.876. The zero-order chi connectivity index (χ0) is 11.7. The number of rotatable bonds is 3. The van der Waals surface area contributed by atoms with Gasteiger partial charge in [-0.2, -0.15) is 0 Å². The number of nitrogens with zero attached hydrogens (tertiary/aromatic N) is 1. The van der Waals surface area contributed by atoms with Crippen molar-refractivity contribution in [2.45, 2.75) is 12.5 Å². The minimum atomic E-state index is 0.220. The lowest BCUT2D eigenvalue weighted by Gasteiger charge is -2.28. The fourth-order valence-electron chi connectivity index (χ4n) is 2.60. The summed E-state index contributed by atoms with van der Waals surface area (Å²) in [5, 5.41) is 0. The van der Waals surface area contributed by atoms with Crippen LogP contribution in [0.1, 0.15) is 17.2 Å². The Balaban J connectivity index is 1.95. The van der Waals surface area contributed by atoms with Gasteiger partial charge in [0.05, 0.1) is 18.6 Å². The molecule has 0 radical (unpaired) electrons. The predicted octanol–water partition coefficient (Wildman–Crippen LogP) is 2.34. The van der Waals surface area contributed by atoms with Crippen LogP contribution in [0, 0.1) is 0 Å². The van der Waals surface area contributed by atoms with Crippen molar-refractivity contribution in [2.24, 2.45) is 5.73 Å². The number of furan rings is 1. The summed E-state index contributed by atoms with van der Waals surface area (Å²) in [6, 6.07) is 10.8. The second-order valence-electron chi connectivity index (χ2n) is 4.38. The Morgan fingerprint density at radius 2 is 2.18 bits per heavy atom. The first-order chi connectivity index (χ1) is 8.40. The van der Waals surface area contributed by atoms with Crippen LogP contribution in [0.5, 0.6) is 0 Å². The fraction of sp³-hybridized carbons (Fsp3) is 0.286. The third-order valence-corrected chi connectivity index (χ3v) is 3.45. The second-order valence-corrected chi connectivity index (χ2v) is 4.38. The molecule has 0 amide bonds. The molecule has 0 saturated heterocycles. The van der Waals surface area contributed by atoms with Crippen LogP contribution in [-0.2, 0) is 6.42 Å². The number of nitrogens with two attached hydrogens (primary N) is 1. The Bertz CT molecular complexity index is 493. The maximum absolute atomic E-state index is 5.92. The van der Waals surface area contributed by atoms with Gasteiger partial charge in [-0.1, -0.05) is 18.2 Å². The Kier molecular flexibility index (Phi) is 2.61. The molecule has 1 aliphatic heterocycles. The van der Waals surface area contributed by atoms with Crippen LogP contribution < -0.4 is 10.6 Å². The van der Waals surface area contributed by atoms with Crippen LogP contribution >= 0.6 is 0 Å². The average Bonchev–Trinajstić information content (AvgIpc) is 3.01. The van der Waals surface area contributed by atoms with E-state index in [1.165, 1.54) is 11.3 Å². The highest BCUT2D eigenvalue weighted by Gasteiger charge is 2.26. The molecule has 3 rings (SSSR count). The molecule has 2 aromatic rings. The number of benzene rings is 1. The summed E-state index contributed by atoms with van der Waals surface area (Å²) in [7, 11) is 0. The van der Waals surface area contributed by atoms with Crippen LogP contribution in [0.2, 0.25) is 0 Å². The lowest BCUT2D eigenvalue weighted by atomic mass is 10.1. The molecule has 0 fully saturated rings. The van der Waals surface area contributed by atoms with Crippen molar-refractivity contribution in [3.05, 3.63) is 54.0 Å². The van der Waals surface area contributed by atoms with Gasteiger partial charge in [0.25, 0.3) is 0 Å². The largest absolute Gasteiger partial charge is 0.472 e. The Morgan fingerprint density at radius 3 is 2.94 bits per heavy atom. The summed E-state index contributed by atoms with van der Waals surface area (Å²) in [4.78, 5) is 2.38. The first-order valence-electron chi connectivity index (χ1n) is 5.97. The molecular weight excluding hydrogens is 212 g/mol. The minimum Gasteiger partial charge on any atom is -0.472 e. The van der Waals surface area contributed by atoms with Gasteiger partial charge in [0, 0.05) is 24.3 Å². The zero-order valence-electron chi connectivity index (χ0n) is 9.67. The highest BCUT2D eigenvalue weighted by atomic mass is 16.3. The molecule has 0 aliphatic carbocycles. The summed E-state index contributed by atoms with van der Waals surface area (Å²) < 4.78 is 5.16. The van der Waals surface area contributed by atoms with E-state index in [-0.39, 0.29) is 6.04 Å². The van der Waals surface area contributed by atoms with Crippen LogP contribution in [0.4, 0.5) is 5.69 Å². The van der Waals surface area contributed by atoms with Gasteiger partial charge in [-0.15, -0.1) is 0 Å². The summed E-state index contributed by atoms with van der Waals surface area (Å²) in [6.45, 7) is 1.64. The third kappa shape index (κ3) is 1.72. The first-order valence-corrected chi connectivity index (χ1v) is 5.97. The maximum atomic E-state index is 5.92. The molecule has 88 valence electrons. The van der Waals surface area contributed by atoms with Crippen LogP contribution in [-0.4, -0.2) is 13.1 Å². The lowest BCUT2D eigenvalue weighted by molar-refractivity contribution is 0.554. The van der Waals surface area contributed by atoms with E-state index in [1.807, 2.05) is 6.07 Å². The first kappa shape index (κ1) is 10.4. The van der Waals surface area contributed by atoms with Crippen molar-refractivity contribution >= 4 is 5.69 Å². The van der Waals surface area contributed by atoms with Crippen molar-refractivity contribution in [3.8, 4) is 0 Å². The van der Waals surface area contributed by atoms with Gasteiger partial charge in [0.15, 0.2) is 0 Å². The molecule has 1 aromatic heterocycles. The maximum Gasteiger partial charge on any atom is 0.0955 e. The smallest absolute Gasteiger partial charge is 0.0955 e. The molecule has 0 spiro atoms. The molecule has 2 heterocycles. The molecule has 1 aromatic carbocycles. The highest BCUT2D eigenvalue weighted by Crippen LogP contribution is 2.34. The molecule has 1 unspecified atom stereocenters. The Labute approximate surface area is 101 Å².